The summed E-state index contributed by atoms with van der Waals surface area (Å²) < 4.78 is 21.1. The second-order valence-electron chi connectivity index (χ2n) is 6.32. The van der Waals surface area contributed by atoms with Crippen molar-refractivity contribution in [2.75, 3.05) is 38.2 Å². The van der Waals surface area contributed by atoms with Crippen LogP contribution in [0.2, 0.25) is 0 Å². The van der Waals surface area contributed by atoms with Crippen LogP contribution in [0.4, 0.5) is 9.52 Å². The van der Waals surface area contributed by atoms with Crippen LogP contribution in [0.3, 0.4) is 0 Å². The fourth-order valence-corrected chi connectivity index (χ4v) is 3.99. The van der Waals surface area contributed by atoms with E-state index in [1.165, 1.54) is 30.6 Å². The number of likely N-dealkylation sites (N-methyl/N-ethyl adjacent to an activating group) is 1. The summed E-state index contributed by atoms with van der Waals surface area (Å²) in [6.07, 6.45) is 1.64. The number of thiazole rings is 1. The first-order valence-corrected chi connectivity index (χ1v) is 9.96. The highest BCUT2D eigenvalue weighted by atomic mass is 32.1. The molecule has 0 aliphatic heterocycles. The smallest absolute Gasteiger partial charge is 0.267 e. The number of hydrogen-bond donors (Lipinski definition) is 0. The molecule has 0 spiro atoms. The Labute approximate surface area is 167 Å². The van der Waals surface area contributed by atoms with Crippen LogP contribution in [-0.4, -0.2) is 58.9 Å². The van der Waals surface area contributed by atoms with E-state index in [2.05, 4.69) is 28.8 Å². The number of nitrogens with zero attached hydrogens (tertiary/aromatic N) is 5. The highest BCUT2D eigenvalue weighted by molar-refractivity contribution is 7.22. The van der Waals surface area contributed by atoms with E-state index < -0.39 is 0 Å². The molecule has 1 amide bonds. The Morgan fingerprint density at radius 2 is 2.04 bits per heavy atom. The van der Waals surface area contributed by atoms with Crippen molar-refractivity contribution < 1.29 is 13.9 Å². The number of hydrogen-bond acceptors (Lipinski definition) is 6. The fraction of sp³-hybridized carbons (Fsp3) is 0.421. The molecule has 0 atom stereocenters. The molecule has 0 unspecified atom stereocenters. The Balaban J connectivity index is 1.98. The molecular formula is C19H24FN5O2S. The molecule has 0 saturated carbocycles. The Morgan fingerprint density at radius 1 is 1.29 bits per heavy atom. The Bertz CT molecular complexity index is 967. The Morgan fingerprint density at radius 3 is 2.71 bits per heavy atom. The maximum Gasteiger partial charge on any atom is 0.267 e. The van der Waals surface area contributed by atoms with Crippen molar-refractivity contribution in [1.29, 1.82) is 0 Å². The lowest BCUT2D eigenvalue weighted by Gasteiger charge is -2.24. The van der Waals surface area contributed by atoms with Crippen molar-refractivity contribution in [2.24, 2.45) is 7.05 Å². The molecule has 0 fully saturated rings. The third kappa shape index (κ3) is 4.15. The van der Waals surface area contributed by atoms with Gasteiger partial charge in [-0.15, -0.1) is 5.10 Å². The van der Waals surface area contributed by atoms with Crippen molar-refractivity contribution in [3.63, 3.8) is 0 Å². The van der Waals surface area contributed by atoms with Crippen molar-refractivity contribution >= 4 is 32.6 Å². The van der Waals surface area contributed by atoms with Gasteiger partial charge in [0.2, 0.25) is 5.88 Å². The van der Waals surface area contributed by atoms with Crippen LogP contribution < -0.4 is 9.64 Å². The normalized spacial score (nSPS) is 11.4. The molecule has 3 aromatic rings. The van der Waals surface area contributed by atoms with E-state index in [1.807, 2.05) is 0 Å². The van der Waals surface area contributed by atoms with Crippen LogP contribution in [0.1, 0.15) is 24.2 Å². The zero-order chi connectivity index (χ0) is 20.3. The zero-order valence-corrected chi connectivity index (χ0v) is 17.3. The fourth-order valence-electron chi connectivity index (χ4n) is 2.98. The van der Waals surface area contributed by atoms with E-state index in [1.54, 1.807) is 28.9 Å². The number of fused-ring (bicyclic) bond motifs is 1. The van der Waals surface area contributed by atoms with Gasteiger partial charge in [0.15, 0.2) is 5.13 Å². The minimum atomic E-state index is -0.322. The van der Waals surface area contributed by atoms with E-state index in [-0.39, 0.29) is 17.6 Å². The first-order valence-electron chi connectivity index (χ1n) is 9.14. The molecule has 7 nitrogen and oxygen atoms in total. The average Bonchev–Trinajstić information content (AvgIpc) is 3.27. The largest absolute Gasteiger partial charge is 0.479 e. The predicted molar refractivity (Wildman–Crippen MR) is 109 cm³/mol. The van der Waals surface area contributed by atoms with Gasteiger partial charge in [-0.2, -0.15) is 0 Å². The second-order valence-corrected chi connectivity index (χ2v) is 7.33. The van der Waals surface area contributed by atoms with Crippen LogP contribution in [0, 0.1) is 5.82 Å². The summed E-state index contributed by atoms with van der Waals surface area (Å²) in [7, 11) is 3.22. The van der Waals surface area contributed by atoms with E-state index in [0.29, 0.717) is 34.0 Å². The molecule has 28 heavy (non-hydrogen) atoms. The van der Waals surface area contributed by atoms with Gasteiger partial charge < -0.3 is 9.64 Å². The average molecular weight is 405 g/mol. The molecular weight excluding hydrogens is 381 g/mol. The lowest BCUT2D eigenvalue weighted by molar-refractivity contribution is 0.0981. The van der Waals surface area contributed by atoms with Crippen molar-refractivity contribution in [3.8, 4) is 5.88 Å². The molecule has 3 rings (SSSR count). The number of anilines is 1. The van der Waals surface area contributed by atoms with Crippen molar-refractivity contribution in [3.05, 3.63) is 35.8 Å². The molecule has 0 radical (unpaired) electrons. The lowest BCUT2D eigenvalue weighted by Crippen LogP contribution is -2.38. The van der Waals surface area contributed by atoms with Crippen LogP contribution in [0.25, 0.3) is 10.2 Å². The van der Waals surface area contributed by atoms with Crippen molar-refractivity contribution in [1.82, 2.24) is 19.7 Å². The van der Waals surface area contributed by atoms with Gasteiger partial charge in [-0.3, -0.25) is 14.4 Å². The zero-order valence-electron chi connectivity index (χ0n) is 16.5. The van der Waals surface area contributed by atoms with E-state index in [9.17, 15) is 9.18 Å². The van der Waals surface area contributed by atoms with Crippen LogP contribution >= 0.6 is 11.3 Å². The number of carbonyl (C=O) groups is 1. The molecule has 1 aromatic carbocycles. The number of carbonyl (C=O) groups excluding carboxylic acids is 1. The topological polar surface area (TPSA) is 63.5 Å². The molecule has 9 heteroatoms. The predicted octanol–water partition coefficient (Wildman–Crippen LogP) is 3.17. The molecule has 0 aliphatic carbocycles. The van der Waals surface area contributed by atoms with Gasteiger partial charge in [0.25, 0.3) is 5.91 Å². The molecule has 2 aromatic heterocycles. The number of aryl methyl sites for hydroxylation is 1. The Hall–Kier alpha value is -2.52. The number of benzene rings is 1. The summed E-state index contributed by atoms with van der Waals surface area (Å²) in [5, 5.41) is 4.71. The maximum atomic E-state index is 13.6. The molecule has 0 aliphatic rings. The van der Waals surface area contributed by atoms with E-state index in [0.717, 1.165) is 13.1 Å². The minimum absolute atomic E-state index is 0.239. The van der Waals surface area contributed by atoms with Gasteiger partial charge in [0, 0.05) is 26.3 Å². The van der Waals surface area contributed by atoms with Gasteiger partial charge in [-0.25, -0.2) is 9.37 Å². The maximum absolute atomic E-state index is 13.6. The molecule has 0 saturated heterocycles. The summed E-state index contributed by atoms with van der Waals surface area (Å²) in [5.74, 6) is -0.290. The summed E-state index contributed by atoms with van der Waals surface area (Å²) in [5.41, 5.74) is 1.04. The summed E-state index contributed by atoms with van der Waals surface area (Å²) >= 11 is 1.30. The van der Waals surface area contributed by atoms with Crippen molar-refractivity contribution in [2.45, 2.75) is 13.8 Å². The second kappa shape index (κ2) is 8.66. The van der Waals surface area contributed by atoms with Crippen LogP contribution in [0.5, 0.6) is 5.88 Å². The van der Waals surface area contributed by atoms with E-state index in [4.69, 9.17) is 4.74 Å². The van der Waals surface area contributed by atoms with E-state index >= 15 is 0 Å². The van der Waals surface area contributed by atoms with Gasteiger partial charge in [-0.05, 0) is 31.3 Å². The molecule has 150 valence electrons. The lowest BCUT2D eigenvalue weighted by atomic mass is 10.3. The van der Waals surface area contributed by atoms with Crippen LogP contribution in [0.15, 0.2) is 24.4 Å². The number of amides is 1. The molecule has 2 heterocycles. The molecule has 0 N–H and O–H groups in total. The number of halogens is 1. The summed E-state index contributed by atoms with van der Waals surface area (Å²) in [6.45, 7) is 7.10. The molecule has 0 bridgehead atoms. The summed E-state index contributed by atoms with van der Waals surface area (Å²) in [6, 6.07) is 4.44. The third-order valence-electron chi connectivity index (χ3n) is 4.57. The quantitative estimate of drug-likeness (QED) is 0.576. The minimum Gasteiger partial charge on any atom is -0.479 e. The summed E-state index contributed by atoms with van der Waals surface area (Å²) in [4.78, 5) is 21.8. The Kier molecular flexibility index (Phi) is 6.25. The number of methoxy groups -OCH3 is 1. The first kappa shape index (κ1) is 20.2. The monoisotopic (exact) mass is 405 g/mol. The SMILES string of the molecule is CCN(CC)CCN(C(=O)c1cn(C)nc1OC)c1nc2ccc(F)cc2s1. The van der Waals surface area contributed by atoms with Gasteiger partial charge in [-0.1, -0.05) is 25.2 Å². The first-order chi connectivity index (χ1) is 13.5. The number of rotatable bonds is 8. The van der Waals surface area contributed by atoms with Gasteiger partial charge in [0.05, 0.1) is 17.3 Å². The van der Waals surface area contributed by atoms with Gasteiger partial charge in [0.1, 0.15) is 11.4 Å². The van der Waals surface area contributed by atoms with Crippen LogP contribution in [-0.2, 0) is 7.05 Å². The standard InChI is InChI=1S/C19H24FN5O2S/c1-5-24(6-2)9-10-25(18(26)14-12-23(3)22-17(14)27-4)19-21-15-8-7-13(20)11-16(15)28-19/h7-8,11-12H,5-6,9-10H2,1-4H3. The highest BCUT2D eigenvalue weighted by Gasteiger charge is 2.26. The number of aromatic nitrogens is 3. The number of ether oxygens (including phenoxy) is 1. The highest BCUT2D eigenvalue weighted by Crippen LogP contribution is 2.31. The third-order valence-corrected chi connectivity index (χ3v) is 5.61. The van der Waals surface area contributed by atoms with Gasteiger partial charge >= 0.3 is 0 Å².